The standard InChI is InChI=1S/C10H18N2O2/c1-3-14-10(13)8-4-6-9(7-5-8)12-11-2/h8,11H,3-7H2,1-2H3. The fourth-order valence-corrected chi connectivity index (χ4v) is 1.72. The van der Waals surface area contributed by atoms with Crippen LogP contribution in [-0.2, 0) is 9.53 Å². The van der Waals surface area contributed by atoms with Gasteiger partial charge in [0.2, 0.25) is 0 Å². The molecular formula is C10H18N2O2. The molecule has 0 atom stereocenters. The first-order valence-electron chi connectivity index (χ1n) is 5.16. The Morgan fingerprint density at radius 2 is 2.21 bits per heavy atom. The van der Waals surface area contributed by atoms with E-state index >= 15 is 0 Å². The second-order valence-electron chi connectivity index (χ2n) is 3.43. The lowest BCUT2D eigenvalue weighted by atomic mass is 9.88. The van der Waals surface area contributed by atoms with E-state index in [1.165, 1.54) is 0 Å². The molecule has 1 fully saturated rings. The Morgan fingerprint density at radius 1 is 1.57 bits per heavy atom. The molecule has 0 aromatic carbocycles. The van der Waals surface area contributed by atoms with Crippen molar-refractivity contribution < 1.29 is 9.53 Å². The number of carbonyl (C=O) groups excluding carboxylic acids is 1. The van der Waals surface area contributed by atoms with Gasteiger partial charge >= 0.3 is 5.97 Å². The fraction of sp³-hybridized carbons (Fsp3) is 0.800. The number of hydrazone groups is 1. The van der Waals surface area contributed by atoms with E-state index in [1.807, 2.05) is 6.92 Å². The summed E-state index contributed by atoms with van der Waals surface area (Å²) < 4.78 is 4.98. The minimum Gasteiger partial charge on any atom is -0.466 e. The van der Waals surface area contributed by atoms with Crippen molar-refractivity contribution in [2.45, 2.75) is 32.6 Å². The summed E-state index contributed by atoms with van der Waals surface area (Å²) in [4.78, 5) is 11.4. The molecule has 0 aromatic rings. The summed E-state index contributed by atoms with van der Waals surface area (Å²) in [6.45, 7) is 2.32. The quantitative estimate of drug-likeness (QED) is 0.549. The second kappa shape index (κ2) is 5.62. The highest BCUT2D eigenvalue weighted by atomic mass is 16.5. The average Bonchev–Trinajstić information content (AvgIpc) is 2.20. The highest BCUT2D eigenvalue weighted by Gasteiger charge is 2.24. The molecule has 1 aliphatic carbocycles. The van der Waals surface area contributed by atoms with Crippen LogP contribution in [-0.4, -0.2) is 25.3 Å². The van der Waals surface area contributed by atoms with Crippen molar-refractivity contribution in [3.63, 3.8) is 0 Å². The number of rotatable bonds is 3. The predicted octanol–water partition coefficient (Wildman–Crippen LogP) is 1.32. The van der Waals surface area contributed by atoms with Crippen molar-refractivity contribution >= 4 is 11.7 Å². The van der Waals surface area contributed by atoms with Crippen LogP contribution in [0.25, 0.3) is 0 Å². The van der Waals surface area contributed by atoms with Crippen LogP contribution in [0.15, 0.2) is 5.10 Å². The largest absolute Gasteiger partial charge is 0.466 e. The Morgan fingerprint density at radius 3 is 2.71 bits per heavy atom. The van der Waals surface area contributed by atoms with Crippen molar-refractivity contribution in [2.75, 3.05) is 13.7 Å². The molecule has 0 saturated heterocycles. The molecule has 0 amide bonds. The lowest BCUT2D eigenvalue weighted by molar-refractivity contribution is -0.148. The van der Waals surface area contributed by atoms with E-state index in [4.69, 9.17) is 4.74 Å². The Balaban J connectivity index is 2.35. The summed E-state index contributed by atoms with van der Waals surface area (Å²) in [7, 11) is 1.80. The van der Waals surface area contributed by atoms with Gasteiger partial charge in [0.15, 0.2) is 0 Å². The summed E-state index contributed by atoms with van der Waals surface area (Å²) in [5.74, 6) is 0.0433. The summed E-state index contributed by atoms with van der Waals surface area (Å²) in [5, 5.41) is 4.14. The zero-order chi connectivity index (χ0) is 10.4. The molecule has 0 spiro atoms. The van der Waals surface area contributed by atoms with Gasteiger partial charge in [-0.1, -0.05) is 0 Å². The monoisotopic (exact) mass is 198 g/mol. The number of hydrogen-bond acceptors (Lipinski definition) is 4. The van der Waals surface area contributed by atoms with Crippen LogP contribution in [0, 0.1) is 5.92 Å². The topological polar surface area (TPSA) is 50.7 Å². The van der Waals surface area contributed by atoms with Gasteiger partial charge in [-0.2, -0.15) is 5.10 Å². The summed E-state index contributed by atoms with van der Waals surface area (Å²) in [5.41, 5.74) is 3.94. The highest BCUT2D eigenvalue weighted by molar-refractivity contribution is 5.86. The maximum atomic E-state index is 11.4. The number of nitrogens with zero attached hydrogens (tertiary/aromatic N) is 1. The molecule has 4 heteroatoms. The lowest BCUT2D eigenvalue weighted by Gasteiger charge is -2.21. The molecule has 14 heavy (non-hydrogen) atoms. The predicted molar refractivity (Wildman–Crippen MR) is 55.1 cm³/mol. The van der Waals surface area contributed by atoms with E-state index in [9.17, 15) is 4.79 Å². The minimum absolute atomic E-state index is 0.0454. The van der Waals surface area contributed by atoms with Gasteiger partial charge in [0.1, 0.15) is 0 Å². The first-order chi connectivity index (χ1) is 6.77. The van der Waals surface area contributed by atoms with Gasteiger partial charge in [-0.05, 0) is 32.6 Å². The van der Waals surface area contributed by atoms with Crippen LogP contribution in [0.2, 0.25) is 0 Å². The second-order valence-corrected chi connectivity index (χ2v) is 3.43. The Hall–Kier alpha value is -1.06. The number of esters is 1. The molecule has 0 heterocycles. The van der Waals surface area contributed by atoms with Gasteiger partial charge in [0.05, 0.1) is 12.5 Å². The van der Waals surface area contributed by atoms with E-state index in [0.29, 0.717) is 6.61 Å². The summed E-state index contributed by atoms with van der Waals surface area (Å²) in [6.07, 6.45) is 3.56. The van der Waals surface area contributed by atoms with Gasteiger partial charge in [-0.3, -0.25) is 4.79 Å². The number of ether oxygens (including phenoxy) is 1. The van der Waals surface area contributed by atoms with Crippen molar-refractivity contribution in [3.8, 4) is 0 Å². The number of carbonyl (C=O) groups is 1. The number of hydrogen-bond donors (Lipinski definition) is 1. The smallest absolute Gasteiger partial charge is 0.308 e. The molecule has 80 valence electrons. The van der Waals surface area contributed by atoms with Gasteiger partial charge in [-0.15, -0.1) is 0 Å². The third-order valence-electron chi connectivity index (χ3n) is 2.45. The third-order valence-corrected chi connectivity index (χ3v) is 2.45. The van der Waals surface area contributed by atoms with E-state index in [-0.39, 0.29) is 11.9 Å². The molecular weight excluding hydrogens is 180 g/mol. The fourth-order valence-electron chi connectivity index (χ4n) is 1.72. The summed E-state index contributed by atoms with van der Waals surface area (Å²) >= 11 is 0. The Kier molecular flexibility index (Phi) is 4.43. The van der Waals surface area contributed by atoms with Crippen molar-refractivity contribution in [1.82, 2.24) is 5.43 Å². The number of nitrogens with one attached hydrogen (secondary N) is 1. The van der Waals surface area contributed by atoms with Gasteiger partial charge in [0.25, 0.3) is 0 Å². The molecule has 1 aliphatic rings. The van der Waals surface area contributed by atoms with Crippen LogP contribution >= 0.6 is 0 Å². The maximum absolute atomic E-state index is 11.4. The zero-order valence-electron chi connectivity index (χ0n) is 8.88. The lowest BCUT2D eigenvalue weighted by Crippen LogP contribution is -2.24. The van der Waals surface area contributed by atoms with Crippen molar-refractivity contribution in [2.24, 2.45) is 11.0 Å². The molecule has 0 aromatic heterocycles. The molecule has 0 bridgehead atoms. The van der Waals surface area contributed by atoms with Crippen molar-refractivity contribution in [1.29, 1.82) is 0 Å². The zero-order valence-corrected chi connectivity index (χ0v) is 8.88. The van der Waals surface area contributed by atoms with Crippen LogP contribution in [0.1, 0.15) is 32.6 Å². The van der Waals surface area contributed by atoms with E-state index in [0.717, 1.165) is 31.4 Å². The van der Waals surface area contributed by atoms with Gasteiger partial charge in [0, 0.05) is 12.8 Å². The molecule has 1 rings (SSSR count). The molecule has 4 nitrogen and oxygen atoms in total. The van der Waals surface area contributed by atoms with Gasteiger partial charge < -0.3 is 10.2 Å². The van der Waals surface area contributed by atoms with E-state index in [1.54, 1.807) is 7.05 Å². The van der Waals surface area contributed by atoms with Crippen LogP contribution in [0.4, 0.5) is 0 Å². The van der Waals surface area contributed by atoms with E-state index < -0.39 is 0 Å². The molecule has 0 radical (unpaired) electrons. The summed E-state index contributed by atoms with van der Waals surface area (Å²) in [6, 6.07) is 0. The van der Waals surface area contributed by atoms with Crippen LogP contribution in [0.5, 0.6) is 0 Å². The van der Waals surface area contributed by atoms with Crippen LogP contribution in [0.3, 0.4) is 0 Å². The highest BCUT2D eigenvalue weighted by Crippen LogP contribution is 2.23. The first-order valence-corrected chi connectivity index (χ1v) is 5.16. The average molecular weight is 198 g/mol. The Bertz CT molecular complexity index is 216. The first kappa shape index (κ1) is 11.0. The molecule has 1 N–H and O–H groups in total. The SMILES string of the molecule is CCOC(=O)C1CCC(=NNC)CC1. The normalized spacial score (nSPS) is 21.6. The van der Waals surface area contributed by atoms with E-state index in [2.05, 4.69) is 10.5 Å². The van der Waals surface area contributed by atoms with Gasteiger partial charge in [-0.25, -0.2) is 0 Å². The van der Waals surface area contributed by atoms with Crippen LogP contribution < -0.4 is 5.43 Å². The molecule has 1 saturated carbocycles. The molecule has 0 aliphatic heterocycles. The maximum Gasteiger partial charge on any atom is 0.308 e. The van der Waals surface area contributed by atoms with Crippen molar-refractivity contribution in [3.05, 3.63) is 0 Å². The Labute approximate surface area is 84.7 Å². The third kappa shape index (κ3) is 3.01. The minimum atomic E-state index is -0.0454. The molecule has 0 unspecified atom stereocenters.